The van der Waals surface area contributed by atoms with E-state index in [1.807, 2.05) is 0 Å². The van der Waals surface area contributed by atoms with Gasteiger partial charge in [-0.25, -0.2) is 0 Å². The molecule has 0 aliphatic heterocycles. The van der Waals surface area contributed by atoms with Crippen molar-refractivity contribution in [3.63, 3.8) is 0 Å². The van der Waals surface area contributed by atoms with E-state index >= 15 is 0 Å². The van der Waals surface area contributed by atoms with Gasteiger partial charge in [0.25, 0.3) is 0 Å². The highest BCUT2D eigenvalue weighted by atomic mass is 31.1. The third-order valence-electron chi connectivity index (χ3n) is 7.35. The molecule has 3 unspecified atom stereocenters. The molecule has 0 saturated heterocycles. The first kappa shape index (κ1) is 29.4. The van der Waals surface area contributed by atoms with Gasteiger partial charge in [-0.3, -0.25) is 0 Å². The molecule has 0 saturated carbocycles. The molecule has 176 valence electrons. The van der Waals surface area contributed by atoms with Crippen LogP contribution in [0, 0.1) is 17.3 Å². The van der Waals surface area contributed by atoms with Crippen molar-refractivity contribution in [2.24, 2.45) is 17.3 Å². The van der Waals surface area contributed by atoms with Crippen LogP contribution in [-0.2, 0) is 4.74 Å². The van der Waals surface area contributed by atoms with Crippen molar-refractivity contribution in [3.8, 4) is 0 Å². The van der Waals surface area contributed by atoms with Gasteiger partial charge >= 0.3 is 0 Å². The summed E-state index contributed by atoms with van der Waals surface area (Å²) in [6, 6.07) is 0. The predicted octanol–water partition coefficient (Wildman–Crippen LogP) is 9.52. The standard InChI is InChI=1S/C27H57OP/c1-12-26(7,8)19-16-20-27(9,10)29(11)22-15-18-24(3)23(2)17-13-14-21-28-25(4,5)6/h23-24H,12-22H2,1-11H3. The molecule has 0 aromatic carbocycles. The molecule has 3 atom stereocenters. The van der Waals surface area contributed by atoms with Crippen molar-refractivity contribution >= 4 is 7.92 Å². The lowest BCUT2D eigenvalue weighted by atomic mass is 9.84. The van der Waals surface area contributed by atoms with Gasteiger partial charge in [0.1, 0.15) is 0 Å². The number of unbranched alkanes of at least 4 members (excludes halogenated alkanes) is 1. The minimum atomic E-state index is 0.0113. The van der Waals surface area contributed by atoms with Gasteiger partial charge < -0.3 is 4.74 Å². The number of hydrogen-bond acceptors (Lipinski definition) is 1. The molecule has 0 aliphatic rings. The van der Waals surface area contributed by atoms with Crippen molar-refractivity contribution in [2.45, 2.75) is 138 Å². The Morgan fingerprint density at radius 3 is 1.83 bits per heavy atom. The van der Waals surface area contributed by atoms with Gasteiger partial charge in [0.2, 0.25) is 0 Å². The molecule has 0 heterocycles. The maximum absolute atomic E-state index is 5.85. The van der Waals surface area contributed by atoms with Crippen LogP contribution in [0.5, 0.6) is 0 Å². The zero-order valence-corrected chi connectivity index (χ0v) is 23.2. The second-order valence-electron chi connectivity index (χ2n) is 12.2. The summed E-state index contributed by atoms with van der Waals surface area (Å²) in [7, 11) is 0.131. The van der Waals surface area contributed by atoms with Crippen molar-refractivity contribution in [3.05, 3.63) is 0 Å². The van der Waals surface area contributed by atoms with E-state index in [0.29, 0.717) is 10.6 Å². The minimum absolute atomic E-state index is 0.0113. The van der Waals surface area contributed by atoms with Crippen LogP contribution < -0.4 is 0 Å². The topological polar surface area (TPSA) is 9.23 Å². The molecular formula is C27H57OP. The zero-order chi connectivity index (χ0) is 22.7. The zero-order valence-electron chi connectivity index (χ0n) is 22.3. The largest absolute Gasteiger partial charge is 0.376 e. The SMILES string of the molecule is CCC(C)(C)CCCC(C)(C)P(C)CCCC(C)C(C)CCCCOC(C)(C)C. The van der Waals surface area contributed by atoms with Crippen LogP contribution in [0.2, 0.25) is 0 Å². The van der Waals surface area contributed by atoms with Gasteiger partial charge in [-0.1, -0.05) is 80.6 Å². The van der Waals surface area contributed by atoms with Crippen molar-refractivity contribution in [1.82, 2.24) is 0 Å². The second kappa shape index (κ2) is 13.7. The average Bonchev–Trinajstić information content (AvgIpc) is 2.59. The summed E-state index contributed by atoms with van der Waals surface area (Å²) < 4.78 is 5.85. The van der Waals surface area contributed by atoms with Crippen LogP contribution in [0.15, 0.2) is 0 Å². The van der Waals surface area contributed by atoms with Gasteiger partial charge in [0, 0.05) is 6.61 Å². The van der Waals surface area contributed by atoms with E-state index < -0.39 is 0 Å². The molecular weight excluding hydrogens is 371 g/mol. The first-order valence-corrected chi connectivity index (χ1v) is 14.5. The molecule has 1 nitrogen and oxygen atoms in total. The molecule has 0 N–H and O–H groups in total. The van der Waals surface area contributed by atoms with Crippen LogP contribution in [-0.4, -0.2) is 30.2 Å². The predicted molar refractivity (Wildman–Crippen MR) is 137 cm³/mol. The Hall–Kier alpha value is 0.390. The molecule has 29 heavy (non-hydrogen) atoms. The quantitative estimate of drug-likeness (QED) is 0.176. The first-order valence-electron chi connectivity index (χ1n) is 12.6. The molecule has 0 rings (SSSR count). The molecule has 0 radical (unpaired) electrons. The van der Waals surface area contributed by atoms with Crippen LogP contribution >= 0.6 is 7.92 Å². The summed E-state index contributed by atoms with van der Waals surface area (Å²) >= 11 is 0. The lowest BCUT2D eigenvalue weighted by molar-refractivity contribution is -0.00514. The molecule has 2 heteroatoms. The number of hydrogen-bond donors (Lipinski definition) is 0. The van der Waals surface area contributed by atoms with Crippen molar-refractivity contribution < 1.29 is 4.74 Å². The monoisotopic (exact) mass is 428 g/mol. The van der Waals surface area contributed by atoms with E-state index in [0.717, 1.165) is 18.4 Å². The van der Waals surface area contributed by atoms with Gasteiger partial charge in [0.15, 0.2) is 0 Å². The van der Waals surface area contributed by atoms with Gasteiger partial charge in [-0.15, -0.1) is 7.92 Å². The van der Waals surface area contributed by atoms with E-state index in [1.165, 1.54) is 63.9 Å². The van der Waals surface area contributed by atoms with E-state index in [4.69, 9.17) is 4.74 Å². The van der Waals surface area contributed by atoms with E-state index in [9.17, 15) is 0 Å². The fraction of sp³-hybridized carbons (Fsp3) is 1.00. The maximum atomic E-state index is 5.85. The number of ether oxygens (including phenoxy) is 1. The van der Waals surface area contributed by atoms with Crippen LogP contribution in [0.3, 0.4) is 0 Å². The van der Waals surface area contributed by atoms with Gasteiger partial charge in [-0.2, -0.15) is 0 Å². The lowest BCUT2D eigenvalue weighted by Gasteiger charge is -2.34. The first-order chi connectivity index (χ1) is 13.2. The molecule has 0 amide bonds. The maximum Gasteiger partial charge on any atom is 0.0598 e. The Balaban J connectivity index is 4.03. The van der Waals surface area contributed by atoms with Crippen LogP contribution in [0.25, 0.3) is 0 Å². The summed E-state index contributed by atoms with van der Waals surface area (Å²) in [6.07, 6.45) is 13.6. The van der Waals surface area contributed by atoms with E-state index in [1.54, 1.807) is 0 Å². The summed E-state index contributed by atoms with van der Waals surface area (Å²) in [5.74, 6) is 1.70. The van der Waals surface area contributed by atoms with Gasteiger partial charge in [-0.05, 0) is 81.7 Å². The van der Waals surface area contributed by atoms with Crippen molar-refractivity contribution in [1.29, 1.82) is 0 Å². The third kappa shape index (κ3) is 14.9. The molecule has 0 aromatic rings. The molecule has 0 aromatic heterocycles. The fourth-order valence-electron chi connectivity index (χ4n) is 3.84. The highest BCUT2D eigenvalue weighted by Gasteiger charge is 2.26. The Kier molecular flexibility index (Phi) is 13.9. The van der Waals surface area contributed by atoms with E-state index in [-0.39, 0.29) is 13.5 Å². The third-order valence-corrected chi connectivity index (χ3v) is 10.6. The van der Waals surface area contributed by atoms with Crippen LogP contribution in [0.1, 0.15) is 127 Å². The average molecular weight is 429 g/mol. The Morgan fingerprint density at radius 2 is 1.31 bits per heavy atom. The molecule has 0 fully saturated rings. The summed E-state index contributed by atoms with van der Waals surface area (Å²) in [6.45, 7) is 27.1. The Bertz CT molecular complexity index is 407. The molecule has 0 spiro atoms. The molecule has 0 bridgehead atoms. The normalized spacial score (nSPS) is 16.7. The van der Waals surface area contributed by atoms with Gasteiger partial charge in [0.05, 0.1) is 5.60 Å². The summed E-state index contributed by atoms with van der Waals surface area (Å²) in [5.41, 5.74) is 0.536. The Labute approximate surface area is 187 Å². The summed E-state index contributed by atoms with van der Waals surface area (Å²) in [5, 5.41) is 0.543. The minimum Gasteiger partial charge on any atom is -0.376 e. The Morgan fingerprint density at radius 1 is 0.759 bits per heavy atom. The number of rotatable bonds is 16. The highest BCUT2D eigenvalue weighted by Crippen LogP contribution is 2.50. The highest BCUT2D eigenvalue weighted by molar-refractivity contribution is 7.58. The second-order valence-corrected chi connectivity index (χ2v) is 15.2. The van der Waals surface area contributed by atoms with Crippen molar-refractivity contribution in [2.75, 3.05) is 19.4 Å². The smallest absolute Gasteiger partial charge is 0.0598 e. The lowest BCUT2D eigenvalue weighted by Crippen LogP contribution is -2.20. The van der Waals surface area contributed by atoms with E-state index in [2.05, 4.69) is 75.9 Å². The summed E-state index contributed by atoms with van der Waals surface area (Å²) in [4.78, 5) is 0. The molecule has 0 aliphatic carbocycles. The fourth-order valence-corrected chi connectivity index (χ4v) is 5.64. The van der Waals surface area contributed by atoms with Crippen LogP contribution in [0.4, 0.5) is 0 Å².